The van der Waals surface area contributed by atoms with E-state index in [-0.39, 0.29) is 17.3 Å². The van der Waals surface area contributed by atoms with E-state index in [1.165, 1.54) is 12.1 Å². The lowest BCUT2D eigenvalue weighted by molar-refractivity contribution is 0.597. The third-order valence-corrected chi connectivity index (χ3v) is 3.20. The topological polar surface area (TPSA) is 0 Å². The molecule has 0 spiro atoms. The molecule has 3 heteroatoms. The summed E-state index contributed by atoms with van der Waals surface area (Å²) in [6.07, 6.45) is 0. The summed E-state index contributed by atoms with van der Waals surface area (Å²) < 4.78 is 27.0. The summed E-state index contributed by atoms with van der Waals surface area (Å²) in [5.41, 5.74) is 0.609. The molecule has 0 nitrogen and oxygen atoms in total. The third-order valence-electron chi connectivity index (χ3n) is 2.48. The highest BCUT2D eigenvalue weighted by Crippen LogP contribution is 2.33. The monoisotopic (exact) mass is 236 g/mol. The summed E-state index contributed by atoms with van der Waals surface area (Å²) in [6, 6.07) is 12.8. The lowest BCUT2D eigenvalue weighted by Gasteiger charge is -2.13. The van der Waals surface area contributed by atoms with E-state index in [0.29, 0.717) is 11.1 Å². The largest absolute Gasteiger partial charge is 0.207 e. The lowest BCUT2D eigenvalue weighted by Crippen LogP contribution is -1.98. The maximum atomic E-state index is 13.5. The summed E-state index contributed by atoms with van der Waals surface area (Å²) in [5.74, 6) is -0.628. The van der Waals surface area contributed by atoms with Gasteiger partial charge in [0.25, 0.3) is 0 Å². The molecule has 0 amide bonds. The zero-order chi connectivity index (χ0) is 11.5. The van der Waals surface area contributed by atoms with Crippen LogP contribution in [0.3, 0.4) is 0 Å². The molecule has 0 saturated heterocycles. The minimum Gasteiger partial charge on any atom is -0.207 e. The molecule has 0 N–H and O–H groups in total. The van der Waals surface area contributed by atoms with Crippen LogP contribution in [-0.4, -0.2) is 0 Å². The summed E-state index contributed by atoms with van der Waals surface area (Å²) >= 11 is 0. The average molecular weight is 236 g/mol. The molecule has 16 heavy (non-hydrogen) atoms. The minimum absolute atomic E-state index is 0.314. The molecule has 2 aromatic rings. The van der Waals surface area contributed by atoms with Crippen molar-refractivity contribution in [2.24, 2.45) is 0 Å². The molecule has 2 rings (SSSR count). The quantitative estimate of drug-likeness (QED) is 0.693. The average Bonchev–Trinajstić information content (AvgIpc) is 2.29. The molecule has 1 atom stereocenters. The van der Waals surface area contributed by atoms with Gasteiger partial charge in [0.1, 0.15) is 11.6 Å². The lowest BCUT2D eigenvalue weighted by atomic mass is 10.0. The van der Waals surface area contributed by atoms with Crippen LogP contribution in [0.2, 0.25) is 0 Å². The van der Waals surface area contributed by atoms with Crippen LogP contribution in [0, 0.1) is 11.6 Å². The van der Waals surface area contributed by atoms with Crippen molar-refractivity contribution in [1.82, 2.24) is 0 Å². The first-order chi connectivity index (χ1) is 7.70. The van der Waals surface area contributed by atoms with Gasteiger partial charge in [-0.05, 0) is 23.3 Å². The summed E-state index contributed by atoms with van der Waals surface area (Å²) in [7, 11) is 2.47. The zero-order valence-corrected chi connectivity index (χ0v) is 9.68. The number of benzene rings is 2. The fraction of sp³-hybridized carbons (Fsp3) is 0.0769. The van der Waals surface area contributed by atoms with Crippen molar-refractivity contribution in [2.45, 2.75) is 5.66 Å². The molecule has 0 aliphatic rings. The highest BCUT2D eigenvalue weighted by atomic mass is 31.0. The Morgan fingerprint density at radius 3 is 1.50 bits per heavy atom. The maximum absolute atomic E-state index is 13.5. The fourth-order valence-corrected chi connectivity index (χ4v) is 2.16. The standard InChI is InChI=1S/C13H11F2P/c14-11-7-3-1-5-9(11)13(16)10-6-2-4-8-12(10)15/h1-8,13H,16H2. The molecule has 0 saturated carbocycles. The molecule has 0 fully saturated rings. The van der Waals surface area contributed by atoms with Gasteiger partial charge in [0.15, 0.2) is 0 Å². The van der Waals surface area contributed by atoms with Crippen molar-refractivity contribution >= 4 is 9.24 Å². The Bertz CT molecular complexity index is 451. The van der Waals surface area contributed by atoms with E-state index in [2.05, 4.69) is 9.24 Å². The van der Waals surface area contributed by atoms with E-state index in [1.807, 2.05) is 0 Å². The van der Waals surface area contributed by atoms with E-state index in [9.17, 15) is 8.78 Å². The van der Waals surface area contributed by atoms with Crippen LogP contribution in [0.5, 0.6) is 0 Å². The molecule has 0 aromatic heterocycles. The molecule has 2 aromatic carbocycles. The first-order valence-electron chi connectivity index (χ1n) is 4.94. The van der Waals surface area contributed by atoms with Gasteiger partial charge in [0, 0.05) is 5.66 Å². The molecule has 0 radical (unpaired) electrons. The Balaban J connectivity index is 2.44. The summed E-state index contributed by atoms with van der Waals surface area (Å²) in [6.45, 7) is 0. The summed E-state index contributed by atoms with van der Waals surface area (Å²) in [4.78, 5) is 0. The molecule has 1 unspecified atom stereocenters. The minimum atomic E-state index is -0.359. The fourth-order valence-electron chi connectivity index (χ4n) is 1.62. The van der Waals surface area contributed by atoms with E-state index in [1.54, 1.807) is 36.4 Å². The van der Waals surface area contributed by atoms with Crippen LogP contribution in [-0.2, 0) is 0 Å². The number of hydrogen-bond donors (Lipinski definition) is 0. The van der Waals surface area contributed by atoms with E-state index >= 15 is 0 Å². The number of halogens is 2. The SMILES string of the molecule is Fc1ccccc1C(P)c1ccccc1F. The van der Waals surface area contributed by atoms with Crippen LogP contribution >= 0.6 is 9.24 Å². The van der Waals surface area contributed by atoms with E-state index < -0.39 is 0 Å². The Hall–Kier alpha value is -1.27. The van der Waals surface area contributed by atoms with Gasteiger partial charge in [-0.25, -0.2) is 8.78 Å². The van der Waals surface area contributed by atoms with Crippen molar-refractivity contribution in [2.75, 3.05) is 0 Å². The van der Waals surface area contributed by atoms with Gasteiger partial charge in [-0.15, -0.1) is 9.24 Å². The molecule has 0 bridgehead atoms. The molecule has 82 valence electrons. The first kappa shape index (κ1) is 11.2. The number of rotatable bonds is 2. The highest BCUT2D eigenvalue weighted by Gasteiger charge is 2.15. The van der Waals surface area contributed by atoms with Crippen molar-refractivity contribution in [3.8, 4) is 0 Å². The van der Waals surface area contributed by atoms with Crippen molar-refractivity contribution < 1.29 is 8.78 Å². The van der Waals surface area contributed by atoms with Crippen molar-refractivity contribution in [1.29, 1.82) is 0 Å². The van der Waals surface area contributed by atoms with Crippen molar-refractivity contribution in [3.63, 3.8) is 0 Å². The van der Waals surface area contributed by atoms with Crippen molar-refractivity contribution in [3.05, 3.63) is 71.3 Å². The van der Waals surface area contributed by atoms with Crippen LogP contribution < -0.4 is 0 Å². The van der Waals surface area contributed by atoms with E-state index in [4.69, 9.17) is 0 Å². The second-order valence-corrected chi connectivity index (χ2v) is 4.19. The smallest absolute Gasteiger partial charge is 0.127 e. The maximum Gasteiger partial charge on any atom is 0.127 e. The molecule has 0 aliphatic carbocycles. The van der Waals surface area contributed by atoms with Crippen LogP contribution in [0.1, 0.15) is 16.8 Å². The highest BCUT2D eigenvalue weighted by molar-refractivity contribution is 7.17. The molecule has 0 aliphatic heterocycles. The van der Waals surface area contributed by atoms with Crippen LogP contribution in [0.25, 0.3) is 0 Å². The Labute approximate surface area is 95.5 Å². The normalized spacial score (nSPS) is 10.8. The summed E-state index contributed by atoms with van der Waals surface area (Å²) in [5, 5.41) is 0. The van der Waals surface area contributed by atoms with Gasteiger partial charge in [-0.3, -0.25) is 0 Å². The van der Waals surface area contributed by atoms with Gasteiger partial charge in [0.2, 0.25) is 0 Å². The number of hydrogen-bond acceptors (Lipinski definition) is 0. The molecular weight excluding hydrogens is 225 g/mol. The predicted molar refractivity (Wildman–Crippen MR) is 64.4 cm³/mol. The zero-order valence-electron chi connectivity index (χ0n) is 8.53. The van der Waals surface area contributed by atoms with Gasteiger partial charge < -0.3 is 0 Å². The Morgan fingerprint density at radius 1 is 0.750 bits per heavy atom. The van der Waals surface area contributed by atoms with E-state index in [0.717, 1.165) is 0 Å². The van der Waals surface area contributed by atoms with Gasteiger partial charge in [-0.2, -0.15) is 0 Å². The molecule has 0 heterocycles. The predicted octanol–water partition coefficient (Wildman–Crippen LogP) is 3.93. The Morgan fingerprint density at radius 2 is 1.12 bits per heavy atom. The van der Waals surface area contributed by atoms with Gasteiger partial charge in [-0.1, -0.05) is 36.4 Å². The second kappa shape index (κ2) is 4.71. The van der Waals surface area contributed by atoms with Gasteiger partial charge in [0.05, 0.1) is 0 Å². The van der Waals surface area contributed by atoms with Crippen LogP contribution in [0.15, 0.2) is 48.5 Å². The Kier molecular flexibility index (Phi) is 3.31. The van der Waals surface area contributed by atoms with Crippen LogP contribution in [0.4, 0.5) is 8.78 Å². The second-order valence-electron chi connectivity index (χ2n) is 3.52. The van der Waals surface area contributed by atoms with Gasteiger partial charge >= 0.3 is 0 Å². The third kappa shape index (κ3) is 2.12. The molecular formula is C13H11F2P. The first-order valence-corrected chi connectivity index (χ1v) is 5.61.